The lowest BCUT2D eigenvalue weighted by atomic mass is 10.4. The molecule has 1 N–H and O–H groups in total. The Morgan fingerprint density at radius 3 is 2.93 bits per heavy atom. The van der Waals surface area contributed by atoms with Gasteiger partial charge in [0.15, 0.2) is 11.0 Å². The van der Waals surface area contributed by atoms with Gasteiger partial charge in [-0.25, -0.2) is 9.97 Å². The van der Waals surface area contributed by atoms with Crippen molar-refractivity contribution in [1.29, 1.82) is 0 Å². The van der Waals surface area contributed by atoms with Crippen molar-refractivity contribution < 1.29 is 0 Å². The monoisotopic (exact) mass is 212 g/mol. The Labute approximate surface area is 88.3 Å². The van der Waals surface area contributed by atoms with Crippen molar-refractivity contribution in [2.75, 3.05) is 31.1 Å². The molecule has 1 saturated heterocycles. The zero-order valence-corrected chi connectivity index (χ0v) is 8.67. The van der Waals surface area contributed by atoms with Gasteiger partial charge in [-0.2, -0.15) is 0 Å². The van der Waals surface area contributed by atoms with Gasteiger partial charge >= 0.3 is 0 Å². The Kier molecular flexibility index (Phi) is 3.16. The van der Waals surface area contributed by atoms with Crippen molar-refractivity contribution in [2.45, 2.75) is 6.42 Å². The van der Waals surface area contributed by atoms with E-state index in [0.717, 1.165) is 38.4 Å². The third-order valence-electron chi connectivity index (χ3n) is 2.28. The highest BCUT2D eigenvalue weighted by Crippen LogP contribution is 2.19. The van der Waals surface area contributed by atoms with Gasteiger partial charge in [-0.3, -0.25) is 0 Å². The maximum absolute atomic E-state index is 5.98. The predicted molar refractivity (Wildman–Crippen MR) is 56.7 cm³/mol. The first-order valence-electron chi connectivity index (χ1n) is 4.80. The van der Waals surface area contributed by atoms with Gasteiger partial charge < -0.3 is 10.2 Å². The molecule has 76 valence electrons. The van der Waals surface area contributed by atoms with Gasteiger partial charge in [0.2, 0.25) is 0 Å². The van der Waals surface area contributed by atoms with Gasteiger partial charge in [0, 0.05) is 32.0 Å². The summed E-state index contributed by atoms with van der Waals surface area (Å²) in [7, 11) is 0. The highest BCUT2D eigenvalue weighted by atomic mass is 35.5. The second kappa shape index (κ2) is 4.57. The number of rotatable bonds is 1. The molecule has 0 spiro atoms. The molecule has 0 radical (unpaired) electrons. The van der Waals surface area contributed by atoms with E-state index >= 15 is 0 Å². The van der Waals surface area contributed by atoms with E-state index in [4.69, 9.17) is 11.6 Å². The lowest BCUT2D eigenvalue weighted by Gasteiger charge is -2.20. The number of aromatic nitrogens is 2. The highest BCUT2D eigenvalue weighted by Gasteiger charge is 2.13. The van der Waals surface area contributed by atoms with E-state index in [0.29, 0.717) is 5.15 Å². The lowest BCUT2D eigenvalue weighted by molar-refractivity contribution is 0.724. The van der Waals surface area contributed by atoms with Gasteiger partial charge in [0.25, 0.3) is 0 Å². The zero-order valence-electron chi connectivity index (χ0n) is 7.91. The van der Waals surface area contributed by atoms with Gasteiger partial charge in [0.05, 0.1) is 0 Å². The molecule has 0 bridgehead atoms. The van der Waals surface area contributed by atoms with Crippen molar-refractivity contribution in [3.63, 3.8) is 0 Å². The second-order valence-electron chi connectivity index (χ2n) is 3.26. The number of anilines is 1. The lowest BCUT2D eigenvalue weighted by Crippen LogP contribution is -2.28. The van der Waals surface area contributed by atoms with Gasteiger partial charge in [-0.15, -0.1) is 0 Å². The number of hydrogen-bond donors (Lipinski definition) is 1. The molecule has 4 nitrogen and oxygen atoms in total. The molecular formula is C9H13ClN4. The molecular weight excluding hydrogens is 200 g/mol. The smallest absolute Gasteiger partial charge is 0.171 e. The molecule has 0 saturated carbocycles. The molecule has 1 fully saturated rings. The van der Waals surface area contributed by atoms with Crippen LogP contribution in [0.4, 0.5) is 5.82 Å². The first-order valence-corrected chi connectivity index (χ1v) is 5.18. The van der Waals surface area contributed by atoms with Crippen LogP contribution in [-0.4, -0.2) is 36.1 Å². The van der Waals surface area contributed by atoms with Crippen LogP contribution in [0.3, 0.4) is 0 Å². The minimum atomic E-state index is 0.495. The Hall–Kier alpha value is -0.870. The van der Waals surface area contributed by atoms with Crippen LogP contribution in [0, 0.1) is 0 Å². The first kappa shape index (κ1) is 9.68. The Morgan fingerprint density at radius 1 is 1.21 bits per heavy atom. The number of hydrogen-bond acceptors (Lipinski definition) is 4. The van der Waals surface area contributed by atoms with E-state index in [2.05, 4.69) is 20.2 Å². The summed E-state index contributed by atoms with van der Waals surface area (Å²) in [6.45, 7) is 3.98. The summed E-state index contributed by atoms with van der Waals surface area (Å²) in [5, 5.41) is 3.83. The standard InChI is InChI=1S/C9H13ClN4/c10-8-9(13-4-3-12-8)14-6-1-2-11-5-7-14/h3-4,11H,1-2,5-7H2. The molecule has 2 rings (SSSR count). The Bertz CT molecular complexity index is 297. The molecule has 0 amide bonds. The van der Waals surface area contributed by atoms with Gasteiger partial charge in [0.1, 0.15) is 0 Å². The van der Waals surface area contributed by atoms with Crippen molar-refractivity contribution in [3.8, 4) is 0 Å². The minimum Gasteiger partial charge on any atom is -0.353 e. The van der Waals surface area contributed by atoms with Crippen LogP contribution in [0.2, 0.25) is 5.15 Å². The van der Waals surface area contributed by atoms with Crippen molar-refractivity contribution in [3.05, 3.63) is 17.5 Å². The van der Waals surface area contributed by atoms with Crippen LogP contribution in [0.5, 0.6) is 0 Å². The number of nitrogens with one attached hydrogen (secondary N) is 1. The van der Waals surface area contributed by atoms with E-state index in [1.54, 1.807) is 12.4 Å². The van der Waals surface area contributed by atoms with Crippen molar-refractivity contribution in [2.24, 2.45) is 0 Å². The van der Waals surface area contributed by atoms with E-state index in [9.17, 15) is 0 Å². The van der Waals surface area contributed by atoms with Crippen molar-refractivity contribution in [1.82, 2.24) is 15.3 Å². The third-order valence-corrected chi connectivity index (χ3v) is 2.54. The molecule has 1 aliphatic heterocycles. The molecule has 1 aromatic heterocycles. The normalized spacial score (nSPS) is 17.9. The van der Waals surface area contributed by atoms with Crippen LogP contribution >= 0.6 is 11.6 Å². The quantitative estimate of drug-likeness (QED) is 0.752. The molecule has 1 aromatic rings. The summed E-state index contributed by atoms with van der Waals surface area (Å²) in [6.07, 6.45) is 4.41. The summed E-state index contributed by atoms with van der Waals surface area (Å²) < 4.78 is 0. The molecule has 2 heterocycles. The fraction of sp³-hybridized carbons (Fsp3) is 0.556. The summed E-state index contributed by atoms with van der Waals surface area (Å²) >= 11 is 5.98. The molecule has 0 atom stereocenters. The van der Waals surface area contributed by atoms with Crippen LogP contribution in [0.15, 0.2) is 12.4 Å². The fourth-order valence-corrected chi connectivity index (χ4v) is 1.81. The molecule has 14 heavy (non-hydrogen) atoms. The van der Waals surface area contributed by atoms with Crippen LogP contribution < -0.4 is 10.2 Å². The van der Waals surface area contributed by atoms with Crippen LogP contribution in [0.25, 0.3) is 0 Å². The SMILES string of the molecule is Clc1nccnc1N1CCCNCC1. The zero-order chi connectivity index (χ0) is 9.80. The van der Waals surface area contributed by atoms with E-state index in [1.807, 2.05) is 0 Å². The summed E-state index contributed by atoms with van der Waals surface area (Å²) in [5.41, 5.74) is 0. The molecule has 1 aliphatic rings. The third kappa shape index (κ3) is 2.13. The molecule has 0 aromatic carbocycles. The van der Waals surface area contributed by atoms with Crippen LogP contribution in [0.1, 0.15) is 6.42 Å². The number of halogens is 1. The highest BCUT2D eigenvalue weighted by molar-refractivity contribution is 6.31. The molecule has 0 unspecified atom stereocenters. The topological polar surface area (TPSA) is 41.1 Å². The van der Waals surface area contributed by atoms with Gasteiger partial charge in [-0.05, 0) is 13.0 Å². The average molecular weight is 213 g/mol. The van der Waals surface area contributed by atoms with Crippen LogP contribution in [-0.2, 0) is 0 Å². The van der Waals surface area contributed by atoms with Gasteiger partial charge in [-0.1, -0.05) is 11.6 Å². The first-order chi connectivity index (χ1) is 6.88. The molecule has 0 aliphatic carbocycles. The maximum Gasteiger partial charge on any atom is 0.171 e. The van der Waals surface area contributed by atoms with E-state index in [-0.39, 0.29) is 0 Å². The minimum absolute atomic E-state index is 0.495. The summed E-state index contributed by atoms with van der Waals surface area (Å²) in [4.78, 5) is 10.4. The average Bonchev–Trinajstić information content (AvgIpc) is 2.47. The second-order valence-corrected chi connectivity index (χ2v) is 3.62. The van der Waals surface area contributed by atoms with Crippen molar-refractivity contribution >= 4 is 17.4 Å². The Balaban J connectivity index is 2.16. The van der Waals surface area contributed by atoms with E-state index in [1.165, 1.54) is 0 Å². The number of nitrogens with zero attached hydrogens (tertiary/aromatic N) is 3. The summed E-state index contributed by atoms with van der Waals surface area (Å²) in [5.74, 6) is 0.804. The molecule has 5 heteroatoms. The predicted octanol–water partition coefficient (Wildman–Crippen LogP) is 0.930. The fourth-order valence-electron chi connectivity index (χ4n) is 1.58. The van der Waals surface area contributed by atoms with E-state index < -0.39 is 0 Å². The Morgan fingerprint density at radius 2 is 2.07 bits per heavy atom. The summed E-state index contributed by atoms with van der Waals surface area (Å²) in [6, 6.07) is 0. The largest absolute Gasteiger partial charge is 0.353 e. The maximum atomic E-state index is 5.98.